The highest BCUT2D eigenvalue weighted by Crippen LogP contribution is 2.47. The lowest BCUT2D eigenvalue weighted by molar-refractivity contribution is -0.339. The number of hydrogen-bond acceptors (Lipinski definition) is 14. The Labute approximate surface area is 205 Å². The Hall–Kier alpha value is -1.69. The van der Waals surface area contributed by atoms with Gasteiger partial charge in [-0.05, 0) is 12.8 Å². The minimum Gasteiger partial charge on any atom is -0.471 e. The Balaban J connectivity index is 1.47. The van der Waals surface area contributed by atoms with E-state index >= 15 is 0 Å². The fourth-order valence-corrected chi connectivity index (χ4v) is 4.98. The van der Waals surface area contributed by atoms with E-state index in [9.17, 15) is 45.6 Å². The first-order valence-corrected chi connectivity index (χ1v) is 11.6. The number of carbonyl (C=O) groups excluding carboxylic acids is 1. The molecule has 4 rings (SSSR count). The summed E-state index contributed by atoms with van der Waals surface area (Å²) >= 11 is 0. The van der Waals surface area contributed by atoms with Crippen LogP contribution in [0.1, 0.15) is 12.8 Å². The van der Waals surface area contributed by atoms with Gasteiger partial charge in [0.15, 0.2) is 6.29 Å². The minimum atomic E-state index is -1.77. The van der Waals surface area contributed by atoms with Crippen molar-refractivity contribution in [3.8, 4) is 0 Å². The zero-order valence-electron chi connectivity index (χ0n) is 19.1. The van der Waals surface area contributed by atoms with Crippen molar-refractivity contribution in [2.24, 2.45) is 11.8 Å². The molecule has 3 aliphatic heterocycles. The number of ether oxygens (including phenoxy) is 5. The molecule has 0 aromatic heterocycles. The Kier molecular flexibility index (Phi) is 8.33. The Morgan fingerprint density at radius 2 is 1.42 bits per heavy atom. The number of aliphatic hydroxyl groups is 8. The molecule has 13 atom stereocenters. The molecule has 0 unspecified atom stereocenters. The normalized spacial score (nSPS) is 47.1. The van der Waals surface area contributed by atoms with Crippen LogP contribution in [0.15, 0.2) is 24.0 Å². The second-order valence-electron chi connectivity index (χ2n) is 9.34. The van der Waals surface area contributed by atoms with Crippen LogP contribution in [-0.4, -0.2) is 128 Å². The standard InChI is InChI=1S/C22H32O14/c1-7-2-3-8-9(19(31)35-21-17(29)15(27)13(25)10(4-23)33-21)6-32-20(12(7)8)36-22-18(30)16(28)14(26)11(5-24)34-22/h6,8,10-18,20-30H,1-5H2/t8-,10-,11-,12-,13-,14-,15+,16+,17-,18-,20+,21+,22+/m1/s1. The van der Waals surface area contributed by atoms with Gasteiger partial charge in [-0.3, -0.25) is 0 Å². The van der Waals surface area contributed by atoms with Crippen LogP contribution in [-0.2, 0) is 28.5 Å². The number of hydrogen-bond donors (Lipinski definition) is 8. The summed E-state index contributed by atoms with van der Waals surface area (Å²) in [5.74, 6) is -2.05. The molecule has 14 heteroatoms. The molecular weight excluding hydrogens is 488 g/mol. The van der Waals surface area contributed by atoms with E-state index in [1.54, 1.807) is 0 Å². The van der Waals surface area contributed by atoms with Crippen LogP contribution in [0.5, 0.6) is 0 Å². The third-order valence-corrected chi connectivity index (χ3v) is 7.13. The average molecular weight is 520 g/mol. The van der Waals surface area contributed by atoms with Gasteiger partial charge in [-0.1, -0.05) is 12.2 Å². The lowest BCUT2D eigenvalue weighted by Gasteiger charge is -2.43. The largest absolute Gasteiger partial charge is 0.471 e. The first kappa shape index (κ1) is 27.3. The second-order valence-corrected chi connectivity index (χ2v) is 9.34. The van der Waals surface area contributed by atoms with E-state index in [2.05, 4.69) is 6.58 Å². The first-order chi connectivity index (χ1) is 17.1. The Bertz CT molecular complexity index is 845. The van der Waals surface area contributed by atoms with Gasteiger partial charge in [0.1, 0.15) is 48.8 Å². The fraction of sp³-hybridized carbons (Fsp3) is 0.773. The van der Waals surface area contributed by atoms with Gasteiger partial charge < -0.3 is 64.5 Å². The van der Waals surface area contributed by atoms with Crippen molar-refractivity contribution in [2.75, 3.05) is 13.2 Å². The van der Waals surface area contributed by atoms with Gasteiger partial charge in [-0.2, -0.15) is 0 Å². The summed E-state index contributed by atoms with van der Waals surface area (Å²) in [7, 11) is 0. The molecule has 0 aromatic rings. The smallest absolute Gasteiger partial charge is 0.339 e. The van der Waals surface area contributed by atoms with Gasteiger partial charge in [0, 0.05) is 11.8 Å². The zero-order valence-corrected chi connectivity index (χ0v) is 19.1. The summed E-state index contributed by atoms with van der Waals surface area (Å²) in [5.41, 5.74) is 0.727. The molecule has 3 fully saturated rings. The van der Waals surface area contributed by atoms with E-state index < -0.39 is 98.7 Å². The fourth-order valence-electron chi connectivity index (χ4n) is 4.98. The maximum Gasteiger partial charge on any atom is 0.339 e. The highest BCUT2D eigenvalue weighted by molar-refractivity contribution is 5.89. The van der Waals surface area contributed by atoms with Crippen LogP contribution in [0, 0.1) is 11.8 Å². The second kappa shape index (κ2) is 11.0. The van der Waals surface area contributed by atoms with Gasteiger partial charge in [0.25, 0.3) is 0 Å². The predicted octanol–water partition coefficient (Wildman–Crippen LogP) is -4.03. The first-order valence-electron chi connectivity index (χ1n) is 11.6. The van der Waals surface area contributed by atoms with Crippen LogP contribution in [0.2, 0.25) is 0 Å². The third-order valence-electron chi connectivity index (χ3n) is 7.13. The third kappa shape index (κ3) is 4.91. The maximum atomic E-state index is 13.0. The van der Waals surface area contributed by atoms with Gasteiger partial charge in [-0.25, -0.2) is 4.79 Å². The summed E-state index contributed by atoms with van der Waals surface area (Å²) < 4.78 is 27.2. The average Bonchev–Trinajstić information content (AvgIpc) is 3.26. The van der Waals surface area contributed by atoms with Crippen LogP contribution in [0.4, 0.5) is 0 Å². The molecule has 1 aliphatic carbocycles. The summed E-state index contributed by atoms with van der Waals surface area (Å²) in [6.07, 6.45) is -14.6. The van der Waals surface area contributed by atoms with E-state index in [4.69, 9.17) is 23.7 Å². The van der Waals surface area contributed by atoms with Crippen molar-refractivity contribution in [1.29, 1.82) is 0 Å². The number of rotatable bonds is 6. The molecule has 0 radical (unpaired) electrons. The van der Waals surface area contributed by atoms with Crippen molar-refractivity contribution < 1.29 is 69.3 Å². The molecule has 1 saturated carbocycles. The zero-order chi connectivity index (χ0) is 26.3. The summed E-state index contributed by atoms with van der Waals surface area (Å²) in [5, 5.41) is 78.9. The van der Waals surface area contributed by atoms with Crippen LogP contribution in [0.3, 0.4) is 0 Å². The van der Waals surface area contributed by atoms with Crippen LogP contribution in [0.25, 0.3) is 0 Å². The monoisotopic (exact) mass is 520 g/mol. The number of aliphatic hydroxyl groups excluding tert-OH is 8. The molecule has 0 spiro atoms. The summed E-state index contributed by atoms with van der Waals surface area (Å²) in [4.78, 5) is 13.0. The molecule has 8 N–H and O–H groups in total. The van der Waals surface area contributed by atoms with Crippen molar-refractivity contribution in [3.05, 3.63) is 24.0 Å². The van der Waals surface area contributed by atoms with E-state index in [0.29, 0.717) is 18.4 Å². The number of esters is 1. The van der Waals surface area contributed by atoms with E-state index in [1.165, 1.54) is 0 Å². The van der Waals surface area contributed by atoms with Crippen LogP contribution < -0.4 is 0 Å². The molecular formula is C22H32O14. The lowest BCUT2D eigenvalue weighted by atomic mass is 9.85. The maximum absolute atomic E-state index is 13.0. The van der Waals surface area contributed by atoms with Gasteiger partial charge in [0.05, 0.1) is 25.0 Å². The highest BCUT2D eigenvalue weighted by atomic mass is 16.8. The molecule has 3 heterocycles. The molecule has 2 saturated heterocycles. The molecule has 0 amide bonds. The summed E-state index contributed by atoms with van der Waals surface area (Å²) in [6, 6.07) is 0. The van der Waals surface area contributed by atoms with Crippen molar-refractivity contribution in [1.82, 2.24) is 0 Å². The van der Waals surface area contributed by atoms with E-state index in [1.807, 2.05) is 0 Å². The molecule has 0 bridgehead atoms. The summed E-state index contributed by atoms with van der Waals surface area (Å²) in [6.45, 7) is 2.67. The SMILES string of the molecule is C=C1CC[C@@H]2C(C(=O)O[C@@H]3O[C@H](CO)[C@@H](O)[C@H](O)[C@H]3O)=CO[C@@H](O[C@@H]3O[C@H](CO)[C@@H](O)[C@H](O)[C@H]3O)[C@H]12. The quantitative estimate of drug-likeness (QED) is 0.123. The van der Waals surface area contributed by atoms with Gasteiger partial charge in [0.2, 0.25) is 12.6 Å². The topological polar surface area (TPSA) is 225 Å². The molecule has 4 aliphatic rings. The van der Waals surface area contributed by atoms with Crippen molar-refractivity contribution >= 4 is 5.97 Å². The van der Waals surface area contributed by atoms with Gasteiger partial charge in [-0.15, -0.1) is 0 Å². The molecule has 0 aromatic carbocycles. The minimum absolute atomic E-state index is 0.0595. The Morgan fingerprint density at radius 1 is 0.861 bits per heavy atom. The number of carbonyl (C=O) groups is 1. The molecule has 204 valence electrons. The highest BCUT2D eigenvalue weighted by Gasteiger charge is 2.51. The number of fused-ring (bicyclic) bond motifs is 1. The van der Waals surface area contributed by atoms with Crippen LogP contribution >= 0.6 is 0 Å². The molecule has 14 nitrogen and oxygen atoms in total. The predicted molar refractivity (Wildman–Crippen MR) is 113 cm³/mol. The van der Waals surface area contributed by atoms with E-state index in [0.717, 1.165) is 6.26 Å². The Morgan fingerprint density at radius 3 is 2.00 bits per heavy atom. The van der Waals surface area contributed by atoms with Gasteiger partial charge >= 0.3 is 5.97 Å². The lowest BCUT2D eigenvalue weighted by Crippen LogP contribution is -2.60. The van der Waals surface area contributed by atoms with Crippen molar-refractivity contribution in [3.63, 3.8) is 0 Å². The molecule has 36 heavy (non-hydrogen) atoms. The van der Waals surface area contributed by atoms with E-state index in [-0.39, 0.29) is 5.57 Å². The van der Waals surface area contributed by atoms with Crippen molar-refractivity contribution in [2.45, 2.75) is 80.5 Å².